The molecule has 1 saturated heterocycles. The molecule has 0 bridgehead atoms. The van der Waals surface area contributed by atoms with E-state index in [1.54, 1.807) is 30.5 Å². The highest BCUT2D eigenvalue weighted by atomic mass is 32.2. The zero-order valence-electron chi connectivity index (χ0n) is 13.1. The van der Waals surface area contributed by atoms with Crippen molar-refractivity contribution in [1.29, 1.82) is 0 Å². The second kappa shape index (κ2) is 7.31. The summed E-state index contributed by atoms with van der Waals surface area (Å²) in [7, 11) is 0. The van der Waals surface area contributed by atoms with Gasteiger partial charge >= 0.3 is 0 Å². The van der Waals surface area contributed by atoms with Crippen LogP contribution in [0.3, 0.4) is 0 Å². The molecule has 1 aliphatic heterocycles. The summed E-state index contributed by atoms with van der Waals surface area (Å²) < 4.78 is 0. The Hall–Kier alpha value is -2.60. The van der Waals surface area contributed by atoms with Gasteiger partial charge in [-0.1, -0.05) is 41.6 Å². The average Bonchev–Trinajstić information content (AvgIpc) is 2.91. The van der Waals surface area contributed by atoms with Crippen LogP contribution in [-0.4, -0.2) is 27.6 Å². The molecule has 0 radical (unpaired) electrons. The van der Waals surface area contributed by atoms with Crippen LogP contribution in [0.25, 0.3) is 0 Å². The van der Waals surface area contributed by atoms with E-state index in [4.69, 9.17) is 0 Å². The van der Waals surface area contributed by atoms with Gasteiger partial charge in [-0.15, -0.1) is 5.10 Å². The molecular weight excluding hydrogens is 322 g/mol. The molecule has 2 aromatic rings. The molecule has 0 aromatic heterocycles. The lowest BCUT2D eigenvalue weighted by molar-refractivity contribution is -0.118. The number of amidine groups is 1. The van der Waals surface area contributed by atoms with Crippen molar-refractivity contribution in [2.24, 2.45) is 10.2 Å². The minimum atomic E-state index is -0.185. The largest absolute Gasteiger partial charge is 0.508 e. The Morgan fingerprint density at radius 2 is 1.88 bits per heavy atom. The Labute approximate surface area is 144 Å². The van der Waals surface area contributed by atoms with Crippen molar-refractivity contribution in [3.8, 4) is 5.75 Å². The van der Waals surface area contributed by atoms with Gasteiger partial charge < -0.3 is 10.4 Å². The second-order valence-corrected chi connectivity index (χ2v) is 6.72. The van der Waals surface area contributed by atoms with Crippen molar-refractivity contribution in [1.82, 2.24) is 5.32 Å². The first-order valence-corrected chi connectivity index (χ1v) is 8.41. The zero-order chi connectivity index (χ0) is 16.9. The van der Waals surface area contributed by atoms with Crippen molar-refractivity contribution >= 4 is 29.1 Å². The number of thioether (sulfide) groups is 1. The van der Waals surface area contributed by atoms with E-state index in [1.165, 1.54) is 17.3 Å². The molecule has 1 unspecified atom stereocenters. The van der Waals surface area contributed by atoms with E-state index in [0.29, 0.717) is 11.6 Å². The number of phenolic OH excluding ortho intramolecular Hbond substituents is 1. The molecule has 122 valence electrons. The summed E-state index contributed by atoms with van der Waals surface area (Å²) in [4.78, 5) is 12.0. The average molecular weight is 339 g/mol. The lowest BCUT2D eigenvalue weighted by Crippen LogP contribution is -2.25. The Kier molecular flexibility index (Phi) is 4.96. The van der Waals surface area contributed by atoms with Crippen LogP contribution in [0.1, 0.15) is 16.7 Å². The van der Waals surface area contributed by atoms with E-state index < -0.39 is 0 Å². The van der Waals surface area contributed by atoms with Gasteiger partial charge in [-0.25, -0.2) is 0 Å². The van der Waals surface area contributed by atoms with E-state index in [1.807, 2.05) is 31.2 Å². The lowest BCUT2D eigenvalue weighted by atomic mass is 10.1. The number of carbonyl (C=O) groups is 1. The van der Waals surface area contributed by atoms with Gasteiger partial charge in [0.25, 0.3) is 0 Å². The normalized spacial score (nSPS) is 19.1. The standard InChI is InChI=1S/C18H17N3O2S/c1-12-2-4-13(5-3-12)10-16-17(23)20-18(24-16)21-19-11-14-6-8-15(22)9-7-14/h2-9,11,16,22H,10H2,1H3,(H,20,21,23). The summed E-state index contributed by atoms with van der Waals surface area (Å²) in [6, 6.07) is 14.8. The van der Waals surface area contributed by atoms with Crippen LogP contribution in [0, 0.1) is 6.92 Å². The number of benzene rings is 2. The van der Waals surface area contributed by atoms with Crippen molar-refractivity contribution in [2.45, 2.75) is 18.6 Å². The summed E-state index contributed by atoms with van der Waals surface area (Å²) in [6.07, 6.45) is 2.24. The molecule has 0 saturated carbocycles. The maximum atomic E-state index is 12.0. The van der Waals surface area contributed by atoms with Crippen molar-refractivity contribution < 1.29 is 9.90 Å². The SMILES string of the molecule is Cc1ccc(CC2SC(=NN=Cc3ccc(O)cc3)NC2=O)cc1. The van der Waals surface area contributed by atoms with Crippen LogP contribution >= 0.6 is 11.8 Å². The van der Waals surface area contributed by atoms with Crippen LogP contribution < -0.4 is 5.32 Å². The molecule has 5 nitrogen and oxygen atoms in total. The van der Waals surface area contributed by atoms with E-state index in [-0.39, 0.29) is 16.9 Å². The lowest BCUT2D eigenvalue weighted by Gasteiger charge is -2.05. The summed E-state index contributed by atoms with van der Waals surface area (Å²) in [5, 5.41) is 20.3. The van der Waals surface area contributed by atoms with Gasteiger partial charge in [-0.3, -0.25) is 4.79 Å². The summed E-state index contributed by atoms with van der Waals surface area (Å²) in [6.45, 7) is 2.04. The van der Waals surface area contributed by atoms with E-state index >= 15 is 0 Å². The topological polar surface area (TPSA) is 74.1 Å². The van der Waals surface area contributed by atoms with Crippen molar-refractivity contribution in [2.75, 3.05) is 0 Å². The highest BCUT2D eigenvalue weighted by Gasteiger charge is 2.30. The number of carbonyl (C=O) groups excluding carboxylic acids is 1. The fourth-order valence-corrected chi connectivity index (χ4v) is 3.20. The third kappa shape index (κ3) is 4.23. The molecular formula is C18H17N3O2S. The van der Waals surface area contributed by atoms with Crippen LogP contribution in [0.5, 0.6) is 5.75 Å². The Morgan fingerprint density at radius 3 is 2.58 bits per heavy atom. The van der Waals surface area contributed by atoms with Gasteiger partial charge in [0.05, 0.1) is 11.5 Å². The Bertz CT molecular complexity index is 783. The van der Waals surface area contributed by atoms with Crippen LogP contribution in [0.4, 0.5) is 0 Å². The molecule has 24 heavy (non-hydrogen) atoms. The van der Waals surface area contributed by atoms with Crippen LogP contribution in [-0.2, 0) is 11.2 Å². The first-order valence-electron chi connectivity index (χ1n) is 7.53. The van der Waals surface area contributed by atoms with Gasteiger partial charge in [0.2, 0.25) is 5.91 Å². The predicted octanol–water partition coefficient (Wildman–Crippen LogP) is 2.86. The maximum Gasteiger partial charge on any atom is 0.239 e. The first-order chi connectivity index (χ1) is 11.6. The molecule has 1 atom stereocenters. The zero-order valence-corrected chi connectivity index (χ0v) is 14.0. The number of phenols is 1. The summed E-state index contributed by atoms with van der Waals surface area (Å²) >= 11 is 1.39. The van der Waals surface area contributed by atoms with Crippen LogP contribution in [0.15, 0.2) is 58.7 Å². The van der Waals surface area contributed by atoms with E-state index in [2.05, 4.69) is 15.5 Å². The first kappa shape index (κ1) is 16.3. The molecule has 1 heterocycles. The number of hydrogen-bond acceptors (Lipinski definition) is 5. The number of nitrogens with one attached hydrogen (secondary N) is 1. The van der Waals surface area contributed by atoms with E-state index in [0.717, 1.165) is 11.1 Å². The molecule has 1 fully saturated rings. The molecule has 1 aliphatic rings. The molecule has 1 amide bonds. The molecule has 0 aliphatic carbocycles. The number of amides is 1. The number of nitrogens with zero attached hydrogens (tertiary/aromatic N) is 2. The minimum Gasteiger partial charge on any atom is -0.508 e. The number of aryl methyl sites for hydroxylation is 1. The fourth-order valence-electron chi connectivity index (χ4n) is 2.23. The third-order valence-electron chi connectivity index (χ3n) is 3.57. The molecule has 2 aromatic carbocycles. The van der Waals surface area contributed by atoms with Gasteiger partial charge in [0.15, 0.2) is 5.17 Å². The second-order valence-electron chi connectivity index (χ2n) is 5.53. The highest BCUT2D eigenvalue weighted by molar-refractivity contribution is 8.15. The van der Waals surface area contributed by atoms with Gasteiger partial charge in [-0.05, 0) is 48.7 Å². The molecule has 2 N–H and O–H groups in total. The summed E-state index contributed by atoms with van der Waals surface area (Å²) in [5.74, 6) is 0.162. The number of hydrogen-bond donors (Lipinski definition) is 2. The fraction of sp³-hybridized carbons (Fsp3) is 0.167. The number of aromatic hydroxyl groups is 1. The van der Waals surface area contributed by atoms with Crippen molar-refractivity contribution in [3.05, 3.63) is 65.2 Å². The monoisotopic (exact) mass is 339 g/mol. The van der Waals surface area contributed by atoms with Crippen molar-refractivity contribution in [3.63, 3.8) is 0 Å². The smallest absolute Gasteiger partial charge is 0.239 e. The molecule has 3 rings (SSSR count). The highest BCUT2D eigenvalue weighted by Crippen LogP contribution is 2.23. The van der Waals surface area contributed by atoms with Gasteiger partial charge in [0, 0.05) is 0 Å². The molecule has 0 spiro atoms. The maximum absolute atomic E-state index is 12.0. The molecule has 6 heteroatoms. The minimum absolute atomic E-state index is 0.0424. The van der Waals surface area contributed by atoms with Gasteiger partial charge in [-0.2, -0.15) is 5.10 Å². The third-order valence-corrected chi connectivity index (χ3v) is 4.64. The predicted molar refractivity (Wildman–Crippen MR) is 97.5 cm³/mol. The van der Waals surface area contributed by atoms with E-state index in [9.17, 15) is 9.90 Å². The number of rotatable bonds is 4. The summed E-state index contributed by atoms with van der Waals surface area (Å²) in [5.41, 5.74) is 3.15. The Balaban J connectivity index is 1.61. The van der Waals surface area contributed by atoms with Gasteiger partial charge in [0.1, 0.15) is 5.75 Å². The Morgan fingerprint density at radius 1 is 1.17 bits per heavy atom. The quantitative estimate of drug-likeness (QED) is 0.664. The van der Waals surface area contributed by atoms with Crippen LogP contribution in [0.2, 0.25) is 0 Å².